The molecule has 0 aliphatic heterocycles. The van der Waals surface area contributed by atoms with Crippen molar-refractivity contribution in [3.63, 3.8) is 0 Å². The first-order valence-electron chi connectivity index (χ1n) is 5.28. The van der Waals surface area contributed by atoms with E-state index in [0.29, 0.717) is 17.8 Å². The van der Waals surface area contributed by atoms with Crippen molar-refractivity contribution in [2.75, 3.05) is 11.9 Å². The Kier molecular flexibility index (Phi) is 3.01. The van der Waals surface area contributed by atoms with Crippen LogP contribution in [-0.4, -0.2) is 22.6 Å². The van der Waals surface area contributed by atoms with Crippen LogP contribution in [0, 0.1) is 5.92 Å². The molecule has 1 heterocycles. The molecule has 1 aliphatic rings. The van der Waals surface area contributed by atoms with Gasteiger partial charge in [-0.2, -0.15) is 0 Å². The van der Waals surface area contributed by atoms with Gasteiger partial charge in [0.2, 0.25) is 0 Å². The summed E-state index contributed by atoms with van der Waals surface area (Å²) >= 11 is 0. The van der Waals surface area contributed by atoms with E-state index in [0.717, 1.165) is 25.8 Å². The van der Waals surface area contributed by atoms with Gasteiger partial charge in [0, 0.05) is 18.7 Å². The van der Waals surface area contributed by atoms with E-state index < -0.39 is 0 Å². The van der Waals surface area contributed by atoms with Crippen molar-refractivity contribution in [1.29, 1.82) is 0 Å². The molecular formula is C10H16N4O. The van der Waals surface area contributed by atoms with Crippen LogP contribution in [0.15, 0.2) is 17.2 Å². The molecule has 0 bridgehead atoms. The maximum atomic E-state index is 11.0. The van der Waals surface area contributed by atoms with Gasteiger partial charge in [-0.1, -0.05) is 0 Å². The lowest BCUT2D eigenvalue weighted by molar-refractivity contribution is 0.565. The van der Waals surface area contributed by atoms with Gasteiger partial charge < -0.3 is 16.0 Å². The second kappa shape index (κ2) is 4.44. The van der Waals surface area contributed by atoms with Crippen LogP contribution in [0.2, 0.25) is 0 Å². The lowest BCUT2D eigenvalue weighted by Gasteiger charge is -2.10. The zero-order chi connectivity index (χ0) is 10.7. The molecule has 15 heavy (non-hydrogen) atoms. The van der Waals surface area contributed by atoms with Crippen LogP contribution in [-0.2, 0) is 0 Å². The maximum Gasteiger partial charge on any atom is 0.252 e. The third-order valence-corrected chi connectivity index (χ3v) is 2.83. The van der Waals surface area contributed by atoms with E-state index in [1.165, 1.54) is 12.4 Å². The van der Waals surface area contributed by atoms with Crippen molar-refractivity contribution in [2.24, 2.45) is 11.7 Å². The highest BCUT2D eigenvalue weighted by molar-refractivity contribution is 5.31. The Labute approximate surface area is 88.1 Å². The molecule has 0 spiro atoms. The number of anilines is 1. The minimum Gasteiger partial charge on any atom is -0.370 e. The summed E-state index contributed by atoms with van der Waals surface area (Å²) < 4.78 is 0. The standard InChI is InChI=1S/C10H16N4O/c11-8-2-1-7(3-8)5-12-9-4-10(15)14-6-13-9/h4,6-8H,1-3,5,11H2,(H2,12,13,14,15). The van der Waals surface area contributed by atoms with Crippen LogP contribution in [0.3, 0.4) is 0 Å². The highest BCUT2D eigenvalue weighted by Gasteiger charge is 2.21. The van der Waals surface area contributed by atoms with Crippen LogP contribution in [0.25, 0.3) is 0 Å². The zero-order valence-corrected chi connectivity index (χ0v) is 8.57. The predicted molar refractivity (Wildman–Crippen MR) is 58.7 cm³/mol. The molecule has 0 saturated heterocycles. The van der Waals surface area contributed by atoms with E-state index in [1.54, 1.807) is 0 Å². The highest BCUT2D eigenvalue weighted by atomic mass is 16.1. The number of aromatic nitrogens is 2. The van der Waals surface area contributed by atoms with E-state index in [1.807, 2.05) is 0 Å². The average Bonchev–Trinajstić information content (AvgIpc) is 2.62. The van der Waals surface area contributed by atoms with Gasteiger partial charge in [0.15, 0.2) is 0 Å². The Balaban J connectivity index is 1.85. The summed E-state index contributed by atoms with van der Waals surface area (Å²) in [6.07, 6.45) is 4.74. The number of rotatable bonds is 3. The molecule has 2 atom stereocenters. The molecule has 2 unspecified atom stereocenters. The SMILES string of the molecule is NC1CCC(CNc2cc(=O)[nH]cn2)C1. The fourth-order valence-electron chi connectivity index (χ4n) is 2.01. The molecule has 2 rings (SSSR count). The van der Waals surface area contributed by atoms with E-state index in [9.17, 15) is 4.79 Å². The molecule has 1 aromatic rings. The number of hydrogen-bond acceptors (Lipinski definition) is 4. The summed E-state index contributed by atoms with van der Waals surface area (Å²) in [6.45, 7) is 0.851. The van der Waals surface area contributed by atoms with Crippen molar-refractivity contribution in [2.45, 2.75) is 25.3 Å². The number of H-pyrrole nitrogens is 1. The van der Waals surface area contributed by atoms with Crippen molar-refractivity contribution in [3.8, 4) is 0 Å². The minimum absolute atomic E-state index is 0.129. The first kappa shape index (κ1) is 10.2. The summed E-state index contributed by atoms with van der Waals surface area (Å²) in [5, 5.41) is 3.16. The molecule has 0 amide bonds. The van der Waals surface area contributed by atoms with Gasteiger partial charge >= 0.3 is 0 Å². The Morgan fingerprint density at radius 3 is 3.13 bits per heavy atom. The Bertz CT molecular complexity index is 376. The lowest BCUT2D eigenvalue weighted by Crippen LogP contribution is -2.18. The lowest BCUT2D eigenvalue weighted by atomic mass is 10.1. The second-order valence-electron chi connectivity index (χ2n) is 4.12. The van der Waals surface area contributed by atoms with E-state index in [2.05, 4.69) is 15.3 Å². The van der Waals surface area contributed by atoms with Crippen molar-refractivity contribution in [1.82, 2.24) is 9.97 Å². The first-order chi connectivity index (χ1) is 7.24. The molecule has 82 valence electrons. The Morgan fingerprint density at radius 1 is 1.60 bits per heavy atom. The van der Waals surface area contributed by atoms with E-state index in [-0.39, 0.29) is 5.56 Å². The van der Waals surface area contributed by atoms with Crippen molar-refractivity contribution >= 4 is 5.82 Å². The summed E-state index contributed by atoms with van der Waals surface area (Å²) in [7, 11) is 0. The third-order valence-electron chi connectivity index (χ3n) is 2.83. The summed E-state index contributed by atoms with van der Waals surface area (Å²) in [4.78, 5) is 17.5. The summed E-state index contributed by atoms with van der Waals surface area (Å²) in [5.74, 6) is 1.25. The van der Waals surface area contributed by atoms with Gasteiger partial charge in [0.25, 0.3) is 5.56 Å². The molecule has 0 aromatic carbocycles. The highest BCUT2D eigenvalue weighted by Crippen LogP contribution is 2.23. The van der Waals surface area contributed by atoms with Crippen LogP contribution < -0.4 is 16.6 Å². The molecule has 0 radical (unpaired) electrons. The topological polar surface area (TPSA) is 83.8 Å². The van der Waals surface area contributed by atoms with Crippen LogP contribution in [0.5, 0.6) is 0 Å². The summed E-state index contributed by atoms with van der Waals surface area (Å²) in [5.41, 5.74) is 5.69. The fourth-order valence-corrected chi connectivity index (χ4v) is 2.01. The van der Waals surface area contributed by atoms with E-state index in [4.69, 9.17) is 5.73 Å². The minimum atomic E-state index is -0.129. The first-order valence-corrected chi connectivity index (χ1v) is 5.28. The van der Waals surface area contributed by atoms with Crippen molar-refractivity contribution < 1.29 is 0 Å². The summed E-state index contributed by atoms with van der Waals surface area (Å²) in [6, 6.07) is 1.82. The number of hydrogen-bond donors (Lipinski definition) is 3. The fraction of sp³-hybridized carbons (Fsp3) is 0.600. The molecule has 1 aromatic heterocycles. The predicted octanol–water partition coefficient (Wildman–Crippen LogP) is 0.309. The Morgan fingerprint density at radius 2 is 2.47 bits per heavy atom. The second-order valence-corrected chi connectivity index (χ2v) is 4.12. The molecule has 5 nitrogen and oxygen atoms in total. The molecule has 1 fully saturated rings. The normalized spacial score (nSPS) is 25.4. The quantitative estimate of drug-likeness (QED) is 0.667. The van der Waals surface area contributed by atoms with Crippen LogP contribution in [0.4, 0.5) is 5.82 Å². The number of nitrogens with one attached hydrogen (secondary N) is 2. The van der Waals surface area contributed by atoms with Gasteiger partial charge in [0.1, 0.15) is 5.82 Å². The maximum absolute atomic E-state index is 11.0. The molecule has 1 saturated carbocycles. The average molecular weight is 208 g/mol. The van der Waals surface area contributed by atoms with E-state index >= 15 is 0 Å². The van der Waals surface area contributed by atoms with Gasteiger partial charge in [0.05, 0.1) is 6.33 Å². The third kappa shape index (κ3) is 2.79. The molecule has 4 N–H and O–H groups in total. The van der Waals surface area contributed by atoms with Crippen LogP contribution in [0.1, 0.15) is 19.3 Å². The zero-order valence-electron chi connectivity index (χ0n) is 8.57. The number of aromatic amines is 1. The van der Waals surface area contributed by atoms with Crippen LogP contribution >= 0.6 is 0 Å². The van der Waals surface area contributed by atoms with Gasteiger partial charge in [-0.25, -0.2) is 4.98 Å². The molecule has 1 aliphatic carbocycles. The number of nitrogens with two attached hydrogens (primary N) is 1. The monoisotopic (exact) mass is 208 g/mol. The Hall–Kier alpha value is -1.36. The largest absolute Gasteiger partial charge is 0.370 e. The molecular weight excluding hydrogens is 192 g/mol. The van der Waals surface area contributed by atoms with Gasteiger partial charge in [-0.3, -0.25) is 4.79 Å². The molecule has 5 heteroatoms. The number of nitrogens with zero attached hydrogens (tertiary/aromatic N) is 1. The van der Waals surface area contributed by atoms with Gasteiger partial charge in [-0.15, -0.1) is 0 Å². The van der Waals surface area contributed by atoms with Crippen molar-refractivity contribution in [3.05, 3.63) is 22.7 Å². The smallest absolute Gasteiger partial charge is 0.252 e. The van der Waals surface area contributed by atoms with Gasteiger partial charge in [-0.05, 0) is 25.2 Å².